The molecule has 5 nitrogen and oxygen atoms in total. The summed E-state index contributed by atoms with van der Waals surface area (Å²) in [7, 11) is 0. The van der Waals surface area contributed by atoms with Crippen LogP contribution < -0.4 is 14.9 Å². The molecule has 0 aliphatic carbocycles. The highest BCUT2D eigenvalue weighted by atomic mass is 79.9. The van der Waals surface area contributed by atoms with Crippen molar-refractivity contribution >= 4 is 39.7 Å². The predicted octanol–water partition coefficient (Wildman–Crippen LogP) is 6.23. The number of amides is 1. The summed E-state index contributed by atoms with van der Waals surface area (Å²) in [6.07, 6.45) is 2.44. The van der Waals surface area contributed by atoms with Crippen LogP contribution in [0.25, 0.3) is 0 Å². The molecule has 0 aliphatic heterocycles. The van der Waals surface area contributed by atoms with Crippen LogP contribution in [0.1, 0.15) is 34.8 Å². The first-order chi connectivity index (χ1) is 15.0. The predicted molar refractivity (Wildman–Crippen MR) is 127 cm³/mol. The van der Waals surface area contributed by atoms with Gasteiger partial charge in [-0.05, 0) is 66.6 Å². The van der Waals surface area contributed by atoms with Crippen LogP contribution in [0.15, 0.2) is 76.3 Å². The van der Waals surface area contributed by atoms with E-state index in [-0.39, 0.29) is 5.91 Å². The highest BCUT2D eigenvalue weighted by molar-refractivity contribution is 9.10. The van der Waals surface area contributed by atoms with Gasteiger partial charge in [-0.25, -0.2) is 5.43 Å². The Morgan fingerprint density at radius 2 is 1.81 bits per heavy atom. The number of nitrogens with zero attached hydrogens (tertiary/aromatic N) is 1. The van der Waals surface area contributed by atoms with Crippen molar-refractivity contribution < 1.29 is 14.3 Å². The molecule has 3 aromatic carbocycles. The minimum atomic E-state index is -0.322. The third-order valence-electron chi connectivity index (χ3n) is 4.24. The number of carbonyl (C=O) groups is 1. The number of halogens is 2. The number of nitrogens with one attached hydrogen (secondary N) is 1. The van der Waals surface area contributed by atoms with Gasteiger partial charge in [-0.2, -0.15) is 5.10 Å². The standard InChI is InChI=1S/C24H22BrClN2O3/c1-2-13-30-22-10-5-18(6-11-22)24(29)28-27-15-19-14-21(26)9-12-23(19)31-16-17-3-7-20(25)8-4-17/h3-12,14-15H,2,13,16H2,1H3,(H,28,29)/b27-15+. The molecule has 0 aromatic heterocycles. The zero-order valence-electron chi connectivity index (χ0n) is 17.0. The van der Waals surface area contributed by atoms with Crippen molar-refractivity contribution in [3.63, 3.8) is 0 Å². The van der Waals surface area contributed by atoms with Gasteiger partial charge >= 0.3 is 0 Å². The van der Waals surface area contributed by atoms with Gasteiger partial charge in [0.25, 0.3) is 5.91 Å². The number of carbonyl (C=O) groups excluding carboxylic acids is 1. The van der Waals surface area contributed by atoms with Crippen molar-refractivity contribution in [1.29, 1.82) is 0 Å². The second kappa shape index (κ2) is 11.5. The lowest BCUT2D eigenvalue weighted by Gasteiger charge is -2.10. The van der Waals surface area contributed by atoms with E-state index in [9.17, 15) is 4.79 Å². The molecule has 0 heterocycles. The first-order valence-corrected chi connectivity index (χ1v) is 11.0. The van der Waals surface area contributed by atoms with E-state index >= 15 is 0 Å². The third-order valence-corrected chi connectivity index (χ3v) is 5.00. The normalized spacial score (nSPS) is 10.8. The van der Waals surface area contributed by atoms with Crippen LogP contribution in [0.3, 0.4) is 0 Å². The molecule has 7 heteroatoms. The molecule has 0 aliphatic rings. The zero-order valence-corrected chi connectivity index (χ0v) is 19.3. The maximum absolute atomic E-state index is 12.3. The third kappa shape index (κ3) is 7.12. The highest BCUT2D eigenvalue weighted by Crippen LogP contribution is 2.23. The van der Waals surface area contributed by atoms with Gasteiger partial charge in [-0.3, -0.25) is 4.79 Å². The monoisotopic (exact) mass is 500 g/mol. The fourth-order valence-electron chi connectivity index (χ4n) is 2.64. The summed E-state index contributed by atoms with van der Waals surface area (Å²) >= 11 is 9.54. The number of hydrazone groups is 1. The Labute approximate surface area is 195 Å². The largest absolute Gasteiger partial charge is 0.494 e. The summed E-state index contributed by atoms with van der Waals surface area (Å²) in [5.74, 6) is 1.02. The van der Waals surface area contributed by atoms with E-state index in [4.69, 9.17) is 21.1 Å². The van der Waals surface area contributed by atoms with Gasteiger partial charge in [-0.1, -0.05) is 46.6 Å². The van der Waals surface area contributed by atoms with Gasteiger partial charge < -0.3 is 9.47 Å². The van der Waals surface area contributed by atoms with Crippen LogP contribution in [-0.2, 0) is 6.61 Å². The zero-order chi connectivity index (χ0) is 22.1. The second-order valence-electron chi connectivity index (χ2n) is 6.67. The summed E-state index contributed by atoms with van der Waals surface area (Å²) in [4.78, 5) is 12.3. The maximum Gasteiger partial charge on any atom is 0.271 e. The molecule has 0 fully saturated rings. The van der Waals surface area contributed by atoms with Gasteiger partial charge in [0.1, 0.15) is 18.1 Å². The number of ether oxygens (including phenoxy) is 2. The smallest absolute Gasteiger partial charge is 0.271 e. The Morgan fingerprint density at radius 1 is 1.06 bits per heavy atom. The minimum absolute atomic E-state index is 0.322. The fourth-order valence-corrected chi connectivity index (χ4v) is 3.09. The van der Waals surface area contributed by atoms with Crippen molar-refractivity contribution in [1.82, 2.24) is 5.43 Å². The molecule has 0 radical (unpaired) electrons. The number of hydrogen-bond donors (Lipinski definition) is 1. The molecule has 0 atom stereocenters. The first-order valence-electron chi connectivity index (χ1n) is 9.78. The minimum Gasteiger partial charge on any atom is -0.494 e. The SMILES string of the molecule is CCCOc1ccc(C(=O)N/N=C/c2cc(Cl)ccc2OCc2ccc(Br)cc2)cc1. The lowest BCUT2D eigenvalue weighted by Crippen LogP contribution is -2.17. The van der Waals surface area contributed by atoms with Gasteiger partial charge in [-0.15, -0.1) is 0 Å². The van der Waals surface area contributed by atoms with Crippen LogP contribution in [-0.4, -0.2) is 18.7 Å². The van der Waals surface area contributed by atoms with Crippen molar-refractivity contribution in [2.45, 2.75) is 20.0 Å². The first kappa shape index (κ1) is 22.8. The summed E-state index contributed by atoms with van der Waals surface area (Å²) in [5, 5.41) is 4.61. The molecule has 31 heavy (non-hydrogen) atoms. The van der Waals surface area contributed by atoms with Crippen molar-refractivity contribution in [3.8, 4) is 11.5 Å². The Bertz CT molecular complexity index is 1040. The van der Waals surface area contributed by atoms with Crippen molar-refractivity contribution in [2.24, 2.45) is 5.10 Å². The quantitative estimate of drug-likeness (QED) is 0.279. The van der Waals surface area contributed by atoms with E-state index in [0.717, 1.165) is 22.2 Å². The molecular formula is C24H22BrClN2O3. The maximum atomic E-state index is 12.3. The Kier molecular flexibility index (Phi) is 8.50. The molecule has 3 rings (SSSR count). The van der Waals surface area contributed by atoms with Gasteiger partial charge in [0.05, 0.1) is 12.8 Å². The van der Waals surface area contributed by atoms with E-state index < -0.39 is 0 Å². The van der Waals surface area contributed by atoms with Crippen LogP contribution >= 0.6 is 27.5 Å². The summed E-state index contributed by atoms with van der Waals surface area (Å²) in [5.41, 5.74) is 4.70. The molecule has 0 spiro atoms. The average molecular weight is 502 g/mol. The van der Waals surface area contributed by atoms with E-state index in [2.05, 4.69) is 26.5 Å². The molecule has 0 saturated heterocycles. The van der Waals surface area contributed by atoms with Crippen LogP contribution in [0, 0.1) is 0 Å². The van der Waals surface area contributed by atoms with Crippen molar-refractivity contribution in [3.05, 3.63) is 92.9 Å². The van der Waals surface area contributed by atoms with Crippen LogP contribution in [0.4, 0.5) is 0 Å². The summed E-state index contributed by atoms with van der Waals surface area (Å²) in [6, 6.07) is 20.0. The van der Waals surface area contributed by atoms with Crippen LogP contribution in [0.5, 0.6) is 11.5 Å². The molecule has 1 N–H and O–H groups in total. The summed E-state index contributed by atoms with van der Waals surface area (Å²) in [6.45, 7) is 3.08. The molecule has 0 unspecified atom stereocenters. The molecule has 1 amide bonds. The number of rotatable bonds is 9. The van der Waals surface area contributed by atoms with Crippen molar-refractivity contribution in [2.75, 3.05) is 6.61 Å². The number of hydrogen-bond acceptors (Lipinski definition) is 4. The topological polar surface area (TPSA) is 59.9 Å². The molecular weight excluding hydrogens is 480 g/mol. The van der Waals surface area contributed by atoms with E-state index in [0.29, 0.717) is 35.1 Å². The molecule has 160 valence electrons. The average Bonchev–Trinajstić information content (AvgIpc) is 2.78. The Balaban J connectivity index is 1.62. The van der Waals surface area contributed by atoms with E-state index in [1.165, 1.54) is 6.21 Å². The van der Waals surface area contributed by atoms with Crippen LogP contribution in [0.2, 0.25) is 5.02 Å². The molecule has 0 saturated carbocycles. The highest BCUT2D eigenvalue weighted by Gasteiger charge is 2.06. The fraction of sp³-hybridized carbons (Fsp3) is 0.167. The lowest BCUT2D eigenvalue weighted by atomic mass is 10.2. The Morgan fingerprint density at radius 3 is 2.52 bits per heavy atom. The summed E-state index contributed by atoms with van der Waals surface area (Å²) < 4.78 is 12.4. The Hall–Kier alpha value is -2.83. The number of benzene rings is 3. The van der Waals surface area contributed by atoms with Gasteiger partial charge in [0.15, 0.2) is 0 Å². The van der Waals surface area contributed by atoms with E-state index in [1.807, 2.05) is 31.2 Å². The van der Waals surface area contributed by atoms with Gasteiger partial charge in [0, 0.05) is 20.6 Å². The second-order valence-corrected chi connectivity index (χ2v) is 8.02. The van der Waals surface area contributed by atoms with Gasteiger partial charge in [0.2, 0.25) is 0 Å². The molecule has 3 aromatic rings. The lowest BCUT2D eigenvalue weighted by molar-refractivity contribution is 0.0955. The molecule has 0 bridgehead atoms. The van der Waals surface area contributed by atoms with E-state index in [1.54, 1.807) is 42.5 Å².